The standard InChI is InChI=1S/C24H16O4/c1-27-17-5-3-13-9-19-21(11-15(13)7-17)24(26)22-12-16-8-18(28-2)6-4-14(16)10-20(22)23(19)25/h3-12H,1-2H3. The molecule has 4 aromatic carbocycles. The number of methoxy groups -OCH3 is 2. The second-order valence-corrected chi connectivity index (χ2v) is 6.88. The van der Waals surface area contributed by atoms with Crippen LogP contribution in [0.5, 0.6) is 11.5 Å². The fourth-order valence-corrected chi connectivity index (χ4v) is 3.85. The van der Waals surface area contributed by atoms with Crippen molar-refractivity contribution >= 4 is 33.1 Å². The lowest BCUT2D eigenvalue weighted by molar-refractivity contribution is 0.0979. The van der Waals surface area contributed by atoms with E-state index in [0.717, 1.165) is 21.5 Å². The molecule has 0 fully saturated rings. The molecular formula is C24H16O4. The topological polar surface area (TPSA) is 52.6 Å². The third kappa shape index (κ3) is 2.31. The molecule has 0 spiro atoms. The summed E-state index contributed by atoms with van der Waals surface area (Å²) in [5, 5.41) is 3.53. The minimum atomic E-state index is -0.140. The summed E-state index contributed by atoms with van der Waals surface area (Å²) in [6.45, 7) is 0. The first-order valence-electron chi connectivity index (χ1n) is 8.92. The highest BCUT2D eigenvalue weighted by Crippen LogP contribution is 2.34. The quantitative estimate of drug-likeness (QED) is 0.450. The minimum absolute atomic E-state index is 0.125. The Morgan fingerprint density at radius 3 is 1.21 bits per heavy atom. The van der Waals surface area contributed by atoms with Crippen molar-refractivity contribution in [2.75, 3.05) is 14.2 Å². The number of ether oxygens (including phenoxy) is 2. The van der Waals surface area contributed by atoms with Gasteiger partial charge in [0.15, 0.2) is 11.6 Å². The average molecular weight is 368 g/mol. The number of hydrogen-bond donors (Lipinski definition) is 0. The first kappa shape index (κ1) is 16.5. The zero-order valence-electron chi connectivity index (χ0n) is 15.4. The van der Waals surface area contributed by atoms with Gasteiger partial charge in [0.05, 0.1) is 14.2 Å². The smallest absolute Gasteiger partial charge is 0.194 e. The maximum absolute atomic E-state index is 13.2. The number of carbonyl (C=O) groups is 2. The Hall–Kier alpha value is -3.66. The number of rotatable bonds is 2. The molecule has 0 saturated heterocycles. The Kier molecular flexibility index (Phi) is 3.49. The van der Waals surface area contributed by atoms with Crippen LogP contribution in [-0.2, 0) is 0 Å². The Morgan fingerprint density at radius 1 is 0.500 bits per heavy atom. The summed E-state index contributed by atoms with van der Waals surface area (Å²) in [6.07, 6.45) is 0. The minimum Gasteiger partial charge on any atom is -0.497 e. The summed E-state index contributed by atoms with van der Waals surface area (Å²) in [7, 11) is 3.20. The molecule has 5 rings (SSSR count). The van der Waals surface area contributed by atoms with E-state index in [1.807, 2.05) is 36.4 Å². The van der Waals surface area contributed by atoms with Crippen LogP contribution in [0.15, 0.2) is 60.7 Å². The molecule has 0 heterocycles. The Labute approximate surface area is 161 Å². The molecule has 0 unspecified atom stereocenters. The Bertz CT molecular complexity index is 1220. The summed E-state index contributed by atoms with van der Waals surface area (Å²) in [5.74, 6) is 1.15. The lowest BCUT2D eigenvalue weighted by Crippen LogP contribution is -2.20. The molecule has 1 aliphatic rings. The fraction of sp³-hybridized carbons (Fsp3) is 0.0833. The predicted molar refractivity (Wildman–Crippen MR) is 108 cm³/mol. The van der Waals surface area contributed by atoms with E-state index in [2.05, 4.69) is 0 Å². The van der Waals surface area contributed by atoms with Gasteiger partial charge in [-0.15, -0.1) is 0 Å². The first-order chi connectivity index (χ1) is 13.6. The number of fused-ring (bicyclic) bond motifs is 4. The van der Waals surface area contributed by atoms with Crippen molar-refractivity contribution in [3.8, 4) is 11.5 Å². The van der Waals surface area contributed by atoms with Crippen molar-refractivity contribution < 1.29 is 19.1 Å². The third-order valence-electron chi connectivity index (χ3n) is 5.35. The van der Waals surface area contributed by atoms with Gasteiger partial charge in [0.1, 0.15) is 11.5 Å². The summed E-state index contributed by atoms with van der Waals surface area (Å²) in [6, 6.07) is 18.4. The lowest BCUT2D eigenvalue weighted by Gasteiger charge is -2.19. The highest BCUT2D eigenvalue weighted by atomic mass is 16.5. The largest absolute Gasteiger partial charge is 0.497 e. The zero-order valence-corrected chi connectivity index (χ0v) is 15.4. The van der Waals surface area contributed by atoms with Crippen LogP contribution in [0.25, 0.3) is 21.5 Å². The highest BCUT2D eigenvalue weighted by molar-refractivity contribution is 6.30. The maximum atomic E-state index is 13.2. The summed E-state index contributed by atoms with van der Waals surface area (Å²) >= 11 is 0. The van der Waals surface area contributed by atoms with Crippen LogP contribution in [0.1, 0.15) is 31.8 Å². The monoisotopic (exact) mass is 368 g/mol. The molecule has 28 heavy (non-hydrogen) atoms. The SMILES string of the molecule is COc1ccc2cc3c(cc2c1)C(=O)c1cc2cc(OC)ccc2cc1C3=O. The van der Waals surface area contributed by atoms with Crippen LogP contribution < -0.4 is 9.47 Å². The van der Waals surface area contributed by atoms with Crippen molar-refractivity contribution in [3.05, 3.63) is 82.9 Å². The van der Waals surface area contributed by atoms with Gasteiger partial charge in [0.25, 0.3) is 0 Å². The Balaban J connectivity index is 1.75. The van der Waals surface area contributed by atoms with Crippen LogP contribution in [-0.4, -0.2) is 25.8 Å². The predicted octanol–water partition coefficient (Wildman–Crippen LogP) is 4.79. The summed E-state index contributed by atoms with van der Waals surface area (Å²) in [5.41, 5.74) is 1.76. The number of carbonyl (C=O) groups excluding carboxylic acids is 2. The molecule has 4 nitrogen and oxygen atoms in total. The second-order valence-electron chi connectivity index (χ2n) is 6.88. The summed E-state index contributed by atoms with van der Waals surface area (Å²) in [4.78, 5) is 26.4. The van der Waals surface area contributed by atoms with Gasteiger partial charge in [-0.3, -0.25) is 9.59 Å². The lowest BCUT2D eigenvalue weighted by atomic mass is 9.81. The average Bonchev–Trinajstić information content (AvgIpc) is 2.74. The van der Waals surface area contributed by atoms with Crippen LogP contribution >= 0.6 is 0 Å². The van der Waals surface area contributed by atoms with Gasteiger partial charge >= 0.3 is 0 Å². The molecule has 0 amide bonds. The highest BCUT2D eigenvalue weighted by Gasteiger charge is 2.30. The van der Waals surface area contributed by atoms with E-state index in [1.165, 1.54) is 0 Å². The van der Waals surface area contributed by atoms with E-state index in [1.54, 1.807) is 38.5 Å². The number of hydrogen-bond acceptors (Lipinski definition) is 4. The van der Waals surface area contributed by atoms with Crippen molar-refractivity contribution in [1.82, 2.24) is 0 Å². The van der Waals surface area contributed by atoms with E-state index in [-0.39, 0.29) is 11.6 Å². The first-order valence-corrected chi connectivity index (χ1v) is 8.92. The molecule has 0 saturated carbocycles. The molecule has 0 aliphatic heterocycles. The fourth-order valence-electron chi connectivity index (χ4n) is 3.85. The van der Waals surface area contributed by atoms with Crippen LogP contribution in [0.2, 0.25) is 0 Å². The van der Waals surface area contributed by atoms with Gasteiger partial charge in [-0.05, 0) is 70.1 Å². The van der Waals surface area contributed by atoms with Gasteiger partial charge in [-0.2, -0.15) is 0 Å². The molecule has 136 valence electrons. The van der Waals surface area contributed by atoms with Crippen molar-refractivity contribution in [1.29, 1.82) is 0 Å². The van der Waals surface area contributed by atoms with Gasteiger partial charge in [0, 0.05) is 22.3 Å². The molecule has 1 aliphatic carbocycles. The number of ketones is 2. The maximum Gasteiger partial charge on any atom is 0.194 e. The van der Waals surface area contributed by atoms with Crippen LogP contribution in [0.3, 0.4) is 0 Å². The number of benzene rings is 4. The normalized spacial score (nSPS) is 12.8. The summed E-state index contributed by atoms with van der Waals surface area (Å²) < 4.78 is 10.6. The molecule has 0 atom stereocenters. The van der Waals surface area contributed by atoms with Crippen LogP contribution in [0.4, 0.5) is 0 Å². The van der Waals surface area contributed by atoms with Gasteiger partial charge in [-0.25, -0.2) is 0 Å². The molecule has 0 aromatic heterocycles. The molecular weight excluding hydrogens is 352 g/mol. The van der Waals surface area contributed by atoms with Crippen molar-refractivity contribution in [2.24, 2.45) is 0 Å². The van der Waals surface area contributed by atoms with E-state index in [4.69, 9.17) is 9.47 Å². The van der Waals surface area contributed by atoms with E-state index >= 15 is 0 Å². The van der Waals surface area contributed by atoms with Crippen LogP contribution in [0, 0.1) is 0 Å². The second kappa shape index (κ2) is 5.92. The van der Waals surface area contributed by atoms with Gasteiger partial charge < -0.3 is 9.47 Å². The Morgan fingerprint density at radius 2 is 0.857 bits per heavy atom. The van der Waals surface area contributed by atoms with Gasteiger partial charge in [0.2, 0.25) is 0 Å². The van der Waals surface area contributed by atoms with Gasteiger partial charge in [-0.1, -0.05) is 12.1 Å². The third-order valence-corrected chi connectivity index (χ3v) is 5.35. The molecule has 0 radical (unpaired) electrons. The molecule has 0 bridgehead atoms. The van der Waals surface area contributed by atoms with E-state index in [0.29, 0.717) is 33.8 Å². The molecule has 4 aromatic rings. The van der Waals surface area contributed by atoms with Crippen molar-refractivity contribution in [3.63, 3.8) is 0 Å². The zero-order chi connectivity index (χ0) is 19.4. The van der Waals surface area contributed by atoms with Crippen molar-refractivity contribution in [2.45, 2.75) is 0 Å². The van der Waals surface area contributed by atoms with E-state index in [9.17, 15) is 9.59 Å². The molecule has 4 heteroatoms. The van der Waals surface area contributed by atoms with E-state index < -0.39 is 0 Å². The molecule has 0 N–H and O–H groups in total.